The van der Waals surface area contributed by atoms with Gasteiger partial charge in [0.15, 0.2) is 5.69 Å². The first-order valence-electron chi connectivity index (χ1n) is 6.91. The second-order valence-electron chi connectivity index (χ2n) is 5.14. The number of aromatic nitrogens is 4. The molecule has 0 saturated heterocycles. The minimum atomic E-state index is -0.209. The first kappa shape index (κ1) is 13.7. The second kappa shape index (κ2) is 5.61. The Morgan fingerprint density at radius 1 is 1.48 bits per heavy atom. The number of fused-ring (bicyclic) bond motifs is 1. The Kier molecular flexibility index (Phi) is 3.66. The van der Waals surface area contributed by atoms with Crippen molar-refractivity contribution in [2.45, 2.75) is 39.0 Å². The van der Waals surface area contributed by atoms with Gasteiger partial charge in [0.2, 0.25) is 0 Å². The standard InChI is InChI=1S/C14H17N5O2/c1-8-5-11-12(9(2)21-8)18-19-13(11)14(20)17-7-10-6-15-3-4-16-10/h3-4,6,8-9H,5,7H2,1-2H3,(H,17,20)(H,18,19)/t8-,9+/m1/s1. The Bertz CT molecular complexity index is 640. The van der Waals surface area contributed by atoms with Crippen molar-refractivity contribution in [3.63, 3.8) is 0 Å². The van der Waals surface area contributed by atoms with E-state index in [0.29, 0.717) is 24.4 Å². The smallest absolute Gasteiger partial charge is 0.272 e. The average Bonchev–Trinajstić information content (AvgIpc) is 2.90. The van der Waals surface area contributed by atoms with Crippen LogP contribution in [-0.4, -0.2) is 32.2 Å². The molecule has 3 heterocycles. The van der Waals surface area contributed by atoms with Gasteiger partial charge in [0, 0.05) is 24.4 Å². The van der Waals surface area contributed by atoms with Crippen LogP contribution in [0.2, 0.25) is 0 Å². The number of aromatic amines is 1. The molecule has 0 unspecified atom stereocenters. The number of rotatable bonds is 3. The lowest BCUT2D eigenvalue weighted by Gasteiger charge is -2.25. The van der Waals surface area contributed by atoms with E-state index in [4.69, 9.17) is 4.74 Å². The topological polar surface area (TPSA) is 92.8 Å². The van der Waals surface area contributed by atoms with Crippen molar-refractivity contribution in [3.8, 4) is 0 Å². The highest BCUT2D eigenvalue weighted by Gasteiger charge is 2.29. The molecule has 0 radical (unpaired) electrons. The third kappa shape index (κ3) is 2.78. The van der Waals surface area contributed by atoms with Gasteiger partial charge >= 0.3 is 0 Å². The molecule has 21 heavy (non-hydrogen) atoms. The fourth-order valence-electron chi connectivity index (χ4n) is 2.54. The van der Waals surface area contributed by atoms with E-state index >= 15 is 0 Å². The molecule has 1 amide bonds. The molecule has 0 aromatic carbocycles. The van der Waals surface area contributed by atoms with E-state index in [-0.39, 0.29) is 18.1 Å². The quantitative estimate of drug-likeness (QED) is 0.883. The van der Waals surface area contributed by atoms with Crippen LogP contribution in [0.3, 0.4) is 0 Å². The summed E-state index contributed by atoms with van der Waals surface area (Å²) in [5.74, 6) is -0.209. The lowest BCUT2D eigenvalue weighted by Crippen LogP contribution is -2.27. The number of carbonyl (C=O) groups excluding carboxylic acids is 1. The summed E-state index contributed by atoms with van der Waals surface area (Å²) in [5, 5.41) is 9.87. The maximum Gasteiger partial charge on any atom is 0.272 e. The van der Waals surface area contributed by atoms with Gasteiger partial charge in [0.05, 0.1) is 36.3 Å². The van der Waals surface area contributed by atoms with Gasteiger partial charge in [0.25, 0.3) is 5.91 Å². The number of hydrogen-bond acceptors (Lipinski definition) is 5. The minimum absolute atomic E-state index is 0.0715. The highest BCUT2D eigenvalue weighted by Crippen LogP contribution is 2.29. The van der Waals surface area contributed by atoms with E-state index in [0.717, 1.165) is 11.3 Å². The van der Waals surface area contributed by atoms with Crippen molar-refractivity contribution < 1.29 is 9.53 Å². The highest BCUT2D eigenvalue weighted by molar-refractivity contribution is 5.94. The van der Waals surface area contributed by atoms with Crippen molar-refractivity contribution in [2.24, 2.45) is 0 Å². The van der Waals surface area contributed by atoms with E-state index in [1.165, 1.54) is 0 Å². The SMILES string of the molecule is C[C@@H]1Cc2c(C(=O)NCc3cnccn3)n[nH]c2[C@H](C)O1. The molecule has 0 fully saturated rings. The van der Waals surface area contributed by atoms with Crippen LogP contribution in [0.15, 0.2) is 18.6 Å². The number of nitrogens with one attached hydrogen (secondary N) is 2. The highest BCUT2D eigenvalue weighted by atomic mass is 16.5. The van der Waals surface area contributed by atoms with E-state index in [2.05, 4.69) is 25.5 Å². The summed E-state index contributed by atoms with van der Waals surface area (Å²) < 4.78 is 5.71. The molecule has 2 atom stereocenters. The van der Waals surface area contributed by atoms with Crippen LogP contribution in [0.5, 0.6) is 0 Å². The predicted molar refractivity (Wildman–Crippen MR) is 74.5 cm³/mol. The Balaban J connectivity index is 1.74. The van der Waals surface area contributed by atoms with Crippen LogP contribution in [0, 0.1) is 0 Å². The molecular weight excluding hydrogens is 270 g/mol. The molecule has 3 rings (SSSR count). The number of ether oxygens (including phenoxy) is 1. The molecule has 0 saturated carbocycles. The fraction of sp³-hybridized carbons (Fsp3) is 0.429. The molecule has 0 bridgehead atoms. The average molecular weight is 287 g/mol. The first-order chi connectivity index (χ1) is 10.1. The van der Waals surface area contributed by atoms with Crippen LogP contribution in [-0.2, 0) is 17.7 Å². The normalized spacial score (nSPS) is 20.9. The Hall–Kier alpha value is -2.28. The Labute approximate surface area is 122 Å². The third-order valence-corrected chi connectivity index (χ3v) is 3.50. The lowest BCUT2D eigenvalue weighted by atomic mass is 9.99. The van der Waals surface area contributed by atoms with E-state index in [1.807, 2.05) is 13.8 Å². The van der Waals surface area contributed by atoms with Crippen LogP contribution < -0.4 is 5.32 Å². The van der Waals surface area contributed by atoms with Crippen LogP contribution in [0.1, 0.15) is 47.4 Å². The van der Waals surface area contributed by atoms with Crippen molar-refractivity contribution in [1.82, 2.24) is 25.5 Å². The monoisotopic (exact) mass is 287 g/mol. The molecule has 0 spiro atoms. The van der Waals surface area contributed by atoms with Crippen LogP contribution in [0.25, 0.3) is 0 Å². The largest absolute Gasteiger partial charge is 0.369 e. The molecule has 1 aliphatic heterocycles. The molecule has 2 N–H and O–H groups in total. The van der Waals surface area contributed by atoms with Gasteiger partial charge in [-0.1, -0.05) is 0 Å². The summed E-state index contributed by atoms with van der Waals surface area (Å²) in [5.41, 5.74) is 2.98. The van der Waals surface area contributed by atoms with Crippen molar-refractivity contribution in [3.05, 3.63) is 41.2 Å². The number of H-pyrrole nitrogens is 1. The molecule has 0 aliphatic carbocycles. The maximum absolute atomic E-state index is 12.3. The number of nitrogens with zero attached hydrogens (tertiary/aromatic N) is 3. The summed E-state index contributed by atoms with van der Waals surface area (Å²) in [4.78, 5) is 20.4. The second-order valence-corrected chi connectivity index (χ2v) is 5.14. The van der Waals surface area contributed by atoms with Crippen molar-refractivity contribution >= 4 is 5.91 Å². The molecule has 7 heteroatoms. The van der Waals surface area contributed by atoms with Gasteiger partial charge in [-0.05, 0) is 13.8 Å². The molecule has 1 aliphatic rings. The van der Waals surface area contributed by atoms with E-state index in [1.54, 1.807) is 18.6 Å². The Morgan fingerprint density at radius 3 is 3.10 bits per heavy atom. The summed E-state index contributed by atoms with van der Waals surface area (Å²) in [6.45, 7) is 4.28. The molecule has 110 valence electrons. The van der Waals surface area contributed by atoms with Gasteiger partial charge in [-0.15, -0.1) is 0 Å². The first-order valence-corrected chi connectivity index (χ1v) is 6.91. The predicted octanol–water partition coefficient (Wildman–Crippen LogP) is 1.15. The number of amides is 1. The van der Waals surface area contributed by atoms with Crippen LogP contribution in [0.4, 0.5) is 0 Å². The number of hydrogen-bond donors (Lipinski definition) is 2. The molecule has 2 aromatic heterocycles. The van der Waals surface area contributed by atoms with Crippen LogP contribution >= 0.6 is 0 Å². The van der Waals surface area contributed by atoms with Gasteiger partial charge < -0.3 is 10.1 Å². The zero-order valence-corrected chi connectivity index (χ0v) is 12.0. The van der Waals surface area contributed by atoms with Crippen molar-refractivity contribution in [2.75, 3.05) is 0 Å². The fourth-order valence-corrected chi connectivity index (χ4v) is 2.54. The lowest BCUT2D eigenvalue weighted by molar-refractivity contribution is -0.00697. The summed E-state index contributed by atoms with van der Waals surface area (Å²) in [6, 6.07) is 0. The molecular formula is C14H17N5O2. The van der Waals surface area contributed by atoms with Gasteiger partial charge in [-0.2, -0.15) is 5.10 Å². The van der Waals surface area contributed by atoms with E-state index in [9.17, 15) is 4.79 Å². The summed E-state index contributed by atoms with van der Waals surface area (Å²) in [6.07, 6.45) is 5.51. The summed E-state index contributed by atoms with van der Waals surface area (Å²) in [7, 11) is 0. The van der Waals surface area contributed by atoms with Gasteiger partial charge in [0.1, 0.15) is 0 Å². The van der Waals surface area contributed by atoms with Crippen molar-refractivity contribution in [1.29, 1.82) is 0 Å². The summed E-state index contributed by atoms with van der Waals surface area (Å²) >= 11 is 0. The Morgan fingerprint density at radius 2 is 2.33 bits per heavy atom. The van der Waals surface area contributed by atoms with E-state index < -0.39 is 0 Å². The zero-order valence-electron chi connectivity index (χ0n) is 12.0. The third-order valence-electron chi connectivity index (χ3n) is 3.50. The maximum atomic E-state index is 12.3. The van der Waals surface area contributed by atoms with Gasteiger partial charge in [-0.25, -0.2) is 0 Å². The molecule has 7 nitrogen and oxygen atoms in total. The van der Waals surface area contributed by atoms with Gasteiger partial charge in [-0.3, -0.25) is 19.9 Å². The molecule has 2 aromatic rings. The number of carbonyl (C=O) groups is 1. The zero-order chi connectivity index (χ0) is 14.8. The minimum Gasteiger partial charge on any atom is -0.369 e.